The van der Waals surface area contributed by atoms with Crippen LogP contribution in [0.1, 0.15) is 0 Å². The Morgan fingerprint density at radius 2 is 2.25 bits per heavy atom. The van der Waals surface area contributed by atoms with E-state index < -0.39 is 0 Å². The Labute approximate surface area is 48.2 Å². The summed E-state index contributed by atoms with van der Waals surface area (Å²) in [5, 5.41) is 8.02. The smallest absolute Gasteiger partial charge is 0.121 e. The number of aliphatic hydroxyl groups is 1. The summed E-state index contributed by atoms with van der Waals surface area (Å²) in [6, 6.07) is 0. The molecule has 0 rings (SSSR count). The Hall–Kier alpha value is -1.23. The Kier molecular flexibility index (Phi) is 4.88. The van der Waals surface area contributed by atoms with E-state index in [1.807, 2.05) is 0 Å². The summed E-state index contributed by atoms with van der Waals surface area (Å²) in [7, 11) is 1.62. The highest BCUT2D eigenvalue weighted by molar-refractivity contribution is 5.54. The van der Waals surface area contributed by atoms with Crippen LogP contribution in [-0.4, -0.2) is 18.0 Å². The number of aliphatic hydroxyl groups excluding tert-OH is 1. The van der Waals surface area contributed by atoms with Gasteiger partial charge in [0, 0.05) is 13.1 Å². The monoisotopic (exact) mass is 109 g/mol. The van der Waals surface area contributed by atoms with E-state index in [2.05, 4.69) is 16.6 Å². The molecule has 0 aromatic rings. The summed E-state index contributed by atoms with van der Waals surface area (Å²) < 4.78 is 0. The molecule has 0 aliphatic heterocycles. The topological polar surface area (TPSA) is 32.6 Å². The maximum atomic E-state index is 8.02. The molecule has 0 saturated carbocycles. The molecular weight excluding hydrogens is 102 g/mol. The Balaban J connectivity index is 3.77. The van der Waals surface area contributed by atoms with Gasteiger partial charge in [-0.25, -0.2) is 4.99 Å². The molecule has 2 nitrogen and oxygen atoms in total. The fourth-order valence-electron chi connectivity index (χ4n) is 0.203. The lowest BCUT2D eigenvalue weighted by molar-refractivity contribution is 0.475. The highest BCUT2D eigenvalue weighted by Crippen LogP contribution is 1.62. The minimum Gasteiger partial charge on any atom is -0.507 e. The van der Waals surface area contributed by atoms with Gasteiger partial charge in [-0.2, -0.15) is 0 Å². The largest absolute Gasteiger partial charge is 0.507 e. The number of hydrogen-bond donors (Lipinski definition) is 1. The van der Waals surface area contributed by atoms with E-state index in [0.717, 1.165) is 6.26 Å². The first kappa shape index (κ1) is 6.77. The summed E-state index contributed by atoms with van der Waals surface area (Å²) >= 11 is 0. The third-order valence-corrected chi connectivity index (χ3v) is 0.458. The maximum Gasteiger partial charge on any atom is 0.121 e. The maximum absolute atomic E-state index is 8.02. The Morgan fingerprint density at radius 1 is 1.50 bits per heavy atom. The Bertz CT molecular complexity index is 137. The summed E-state index contributed by atoms with van der Waals surface area (Å²) in [5.41, 5.74) is 2.41. The average molecular weight is 109 g/mol. The molecule has 0 spiro atoms. The molecule has 8 heavy (non-hydrogen) atoms. The predicted molar refractivity (Wildman–Crippen MR) is 33.2 cm³/mol. The molecule has 1 N–H and O–H groups in total. The van der Waals surface area contributed by atoms with Gasteiger partial charge in [0.2, 0.25) is 0 Å². The van der Waals surface area contributed by atoms with Gasteiger partial charge in [0.05, 0.1) is 0 Å². The SMILES string of the molecule is CN=C=CC=C=CO. The number of nitrogens with zero attached hydrogens (tertiary/aromatic N) is 1. The lowest BCUT2D eigenvalue weighted by atomic mass is 10.6. The van der Waals surface area contributed by atoms with Crippen molar-refractivity contribution in [2.45, 2.75) is 0 Å². The summed E-state index contributed by atoms with van der Waals surface area (Å²) in [6.07, 6.45) is 3.88. The highest BCUT2D eigenvalue weighted by Gasteiger charge is 1.50. The lowest BCUT2D eigenvalue weighted by Gasteiger charge is -1.58. The molecule has 0 saturated heterocycles. The van der Waals surface area contributed by atoms with E-state index in [1.54, 1.807) is 13.1 Å². The van der Waals surface area contributed by atoms with Crippen molar-refractivity contribution < 1.29 is 5.11 Å². The highest BCUT2D eigenvalue weighted by atomic mass is 16.2. The molecule has 0 aliphatic rings. The van der Waals surface area contributed by atoms with Crippen LogP contribution < -0.4 is 0 Å². The minimum atomic E-state index is 0.827. The van der Waals surface area contributed by atoms with Crippen LogP contribution in [0.4, 0.5) is 0 Å². The number of hydrogen-bond acceptors (Lipinski definition) is 2. The normalized spacial score (nSPS) is 5.62. The van der Waals surface area contributed by atoms with Crippen LogP contribution in [0.5, 0.6) is 0 Å². The number of allylic oxidation sites excluding steroid dienone is 2. The molecule has 0 aromatic carbocycles. The average Bonchev–Trinajstić information content (AvgIpc) is 1.81. The van der Waals surface area contributed by atoms with Crippen molar-refractivity contribution in [1.29, 1.82) is 0 Å². The van der Waals surface area contributed by atoms with Crippen molar-refractivity contribution in [3.05, 3.63) is 24.1 Å². The van der Waals surface area contributed by atoms with Crippen molar-refractivity contribution >= 4 is 5.87 Å². The van der Waals surface area contributed by atoms with Crippen LogP contribution in [-0.2, 0) is 0 Å². The molecule has 0 aromatic heterocycles. The number of rotatable bonds is 1. The quantitative estimate of drug-likeness (QED) is 0.232. The van der Waals surface area contributed by atoms with Gasteiger partial charge in [0.25, 0.3) is 0 Å². The molecule has 0 heterocycles. The summed E-state index contributed by atoms with van der Waals surface area (Å²) in [5.74, 6) is 2.53. The third-order valence-electron chi connectivity index (χ3n) is 0.458. The molecule has 0 atom stereocenters. The van der Waals surface area contributed by atoms with Crippen molar-refractivity contribution in [2.24, 2.45) is 4.99 Å². The second-order valence-electron chi connectivity index (χ2n) is 0.982. The van der Waals surface area contributed by atoms with Gasteiger partial charge in [-0.15, -0.1) is 0 Å². The molecule has 0 radical (unpaired) electrons. The first-order valence-electron chi connectivity index (χ1n) is 2.13. The summed E-state index contributed by atoms with van der Waals surface area (Å²) in [4.78, 5) is 3.54. The van der Waals surface area contributed by atoms with Crippen LogP contribution in [0, 0.1) is 0 Å². The van der Waals surface area contributed by atoms with Gasteiger partial charge in [0.1, 0.15) is 6.26 Å². The third kappa shape index (κ3) is 4.77. The van der Waals surface area contributed by atoms with Gasteiger partial charge < -0.3 is 5.11 Å². The van der Waals surface area contributed by atoms with Crippen LogP contribution in [0.3, 0.4) is 0 Å². The molecule has 0 bridgehead atoms. The van der Waals surface area contributed by atoms with Crippen LogP contribution in [0.25, 0.3) is 0 Å². The van der Waals surface area contributed by atoms with E-state index in [4.69, 9.17) is 5.11 Å². The molecule has 0 aliphatic carbocycles. The van der Waals surface area contributed by atoms with Crippen LogP contribution in [0.15, 0.2) is 29.1 Å². The molecule has 0 amide bonds. The molecular formula is C6H7NO. The molecule has 0 unspecified atom stereocenters. The van der Waals surface area contributed by atoms with E-state index in [9.17, 15) is 0 Å². The zero-order valence-electron chi connectivity index (χ0n) is 4.63. The van der Waals surface area contributed by atoms with Gasteiger partial charge in [0.15, 0.2) is 0 Å². The molecule has 0 fully saturated rings. The van der Waals surface area contributed by atoms with Gasteiger partial charge in [-0.3, -0.25) is 0 Å². The standard InChI is InChI=1S/C6H7NO/c1-7-5-3-2-4-6-8/h2-3,6,8H,1H3. The van der Waals surface area contributed by atoms with Gasteiger partial charge in [-0.1, -0.05) is 5.73 Å². The lowest BCUT2D eigenvalue weighted by Crippen LogP contribution is -1.49. The van der Waals surface area contributed by atoms with E-state index >= 15 is 0 Å². The predicted octanol–water partition coefficient (Wildman–Crippen LogP) is 1.07. The van der Waals surface area contributed by atoms with E-state index in [0.29, 0.717) is 0 Å². The van der Waals surface area contributed by atoms with Crippen molar-refractivity contribution in [3.63, 3.8) is 0 Å². The van der Waals surface area contributed by atoms with Crippen molar-refractivity contribution in [1.82, 2.24) is 0 Å². The Morgan fingerprint density at radius 3 is 2.75 bits per heavy atom. The van der Waals surface area contributed by atoms with Crippen LogP contribution in [0.2, 0.25) is 0 Å². The van der Waals surface area contributed by atoms with Gasteiger partial charge >= 0.3 is 0 Å². The zero-order chi connectivity index (χ0) is 6.24. The first-order valence-corrected chi connectivity index (χ1v) is 2.13. The van der Waals surface area contributed by atoms with Crippen molar-refractivity contribution in [3.8, 4) is 0 Å². The summed E-state index contributed by atoms with van der Waals surface area (Å²) in [6.45, 7) is 0. The second kappa shape index (κ2) is 5.77. The van der Waals surface area contributed by atoms with Gasteiger partial charge in [-0.05, 0) is 11.9 Å². The first-order chi connectivity index (χ1) is 3.91. The fraction of sp³-hybridized carbons (Fsp3) is 0.167. The number of aliphatic imine (C=N–C) groups is 1. The van der Waals surface area contributed by atoms with E-state index in [-0.39, 0.29) is 0 Å². The minimum absolute atomic E-state index is 0.827. The van der Waals surface area contributed by atoms with E-state index in [1.165, 1.54) is 6.08 Å². The zero-order valence-corrected chi connectivity index (χ0v) is 4.63. The molecule has 42 valence electrons. The fourth-order valence-corrected chi connectivity index (χ4v) is 0.203. The van der Waals surface area contributed by atoms with Crippen molar-refractivity contribution in [2.75, 3.05) is 7.05 Å². The molecule has 2 heteroatoms. The second-order valence-corrected chi connectivity index (χ2v) is 0.982. The van der Waals surface area contributed by atoms with Crippen LogP contribution >= 0.6 is 0 Å².